The maximum Gasteiger partial charge on any atom is 0.183 e. The van der Waals surface area contributed by atoms with Crippen molar-refractivity contribution in [3.63, 3.8) is 0 Å². The van der Waals surface area contributed by atoms with Gasteiger partial charge in [-0.25, -0.2) is 4.98 Å². The minimum Gasteiger partial charge on any atom is -0.507 e. The number of rotatable bonds is 3. The van der Waals surface area contributed by atoms with Crippen molar-refractivity contribution >= 4 is 37.5 Å². The molecule has 0 bridgehead atoms. The van der Waals surface area contributed by atoms with Gasteiger partial charge in [0.1, 0.15) is 5.75 Å². The van der Waals surface area contributed by atoms with Crippen LogP contribution in [0.3, 0.4) is 0 Å². The lowest BCUT2D eigenvalue weighted by molar-refractivity contribution is 0.478. The summed E-state index contributed by atoms with van der Waals surface area (Å²) in [6.45, 7) is 5.00. The Kier molecular flexibility index (Phi) is 3.03. The smallest absolute Gasteiger partial charge is 0.183 e. The third-order valence-corrected chi connectivity index (χ3v) is 4.42. The summed E-state index contributed by atoms with van der Waals surface area (Å²) in [4.78, 5) is 4.68. The van der Waals surface area contributed by atoms with E-state index in [2.05, 4.69) is 17.2 Å². The van der Waals surface area contributed by atoms with Gasteiger partial charge in [-0.1, -0.05) is 42.5 Å². The van der Waals surface area contributed by atoms with Crippen molar-refractivity contribution in [2.24, 2.45) is 0 Å². The number of phenolic OH excluding ortho intramolecular Hbond substituents is 1. The lowest BCUT2D eigenvalue weighted by Gasteiger charge is -2.05. The summed E-state index contributed by atoms with van der Waals surface area (Å²) < 4.78 is 1.06. The number of fused-ring (bicyclic) bond motifs is 3. The van der Waals surface area contributed by atoms with Crippen LogP contribution in [-0.2, 0) is 0 Å². The Hall–Kier alpha value is -1.81. The van der Waals surface area contributed by atoms with Crippen molar-refractivity contribution in [2.75, 3.05) is 11.9 Å². The highest BCUT2D eigenvalue weighted by atomic mass is 32.1. The molecule has 98 valence electrons. The van der Waals surface area contributed by atoms with E-state index in [1.165, 1.54) is 0 Å². The van der Waals surface area contributed by atoms with Gasteiger partial charge in [0, 0.05) is 22.9 Å². The number of hydrogen-bond acceptors (Lipinski definition) is 4. The fraction of sp³-hybridized carbons (Fsp3) is 0.267. The van der Waals surface area contributed by atoms with Crippen molar-refractivity contribution < 1.29 is 5.11 Å². The molecule has 0 radical (unpaired) electrons. The van der Waals surface area contributed by atoms with E-state index < -0.39 is 0 Å². The quantitative estimate of drug-likeness (QED) is 0.747. The number of anilines is 1. The van der Waals surface area contributed by atoms with Crippen molar-refractivity contribution in [2.45, 2.75) is 20.3 Å². The zero-order valence-corrected chi connectivity index (χ0v) is 11.8. The topological polar surface area (TPSA) is 45.2 Å². The van der Waals surface area contributed by atoms with Gasteiger partial charge < -0.3 is 10.4 Å². The number of nitrogens with one attached hydrogen (secondary N) is 1. The van der Waals surface area contributed by atoms with Crippen LogP contribution in [0.5, 0.6) is 5.75 Å². The molecule has 0 aliphatic heterocycles. The molecular weight excluding hydrogens is 256 g/mol. The molecule has 0 spiro atoms. The third-order valence-electron chi connectivity index (χ3n) is 3.29. The van der Waals surface area contributed by atoms with E-state index in [1.54, 1.807) is 11.3 Å². The molecule has 0 amide bonds. The molecule has 2 aromatic carbocycles. The number of aromatic nitrogens is 1. The van der Waals surface area contributed by atoms with E-state index in [9.17, 15) is 5.11 Å². The summed E-state index contributed by atoms with van der Waals surface area (Å²) in [6.07, 6.45) is 1.07. The maximum atomic E-state index is 10.3. The van der Waals surface area contributed by atoms with E-state index >= 15 is 0 Å². The zero-order valence-electron chi connectivity index (χ0n) is 11.0. The summed E-state index contributed by atoms with van der Waals surface area (Å²) in [6, 6.07) is 7.88. The molecule has 19 heavy (non-hydrogen) atoms. The van der Waals surface area contributed by atoms with Crippen LogP contribution in [0.25, 0.3) is 21.0 Å². The Bertz CT molecular complexity index is 749. The van der Waals surface area contributed by atoms with Crippen LogP contribution in [0.15, 0.2) is 24.3 Å². The zero-order chi connectivity index (χ0) is 13.4. The average Bonchev–Trinajstić information content (AvgIpc) is 2.87. The Morgan fingerprint density at radius 3 is 2.74 bits per heavy atom. The monoisotopic (exact) mass is 272 g/mol. The van der Waals surface area contributed by atoms with Gasteiger partial charge in [-0.15, -0.1) is 0 Å². The standard InChI is InChI=1S/C15H16N2OS/c1-3-8-16-15-17-12-10-6-4-5-7-11(10)13(18)9(2)14(12)19-15/h4-7,18H,3,8H2,1-2H3,(H,16,17). The van der Waals surface area contributed by atoms with Crippen LogP contribution in [0.4, 0.5) is 5.13 Å². The maximum absolute atomic E-state index is 10.3. The van der Waals surface area contributed by atoms with Crippen LogP contribution < -0.4 is 5.32 Å². The lowest BCUT2D eigenvalue weighted by Crippen LogP contribution is -1.98. The van der Waals surface area contributed by atoms with E-state index in [0.717, 1.165) is 44.6 Å². The Morgan fingerprint density at radius 1 is 1.26 bits per heavy atom. The van der Waals surface area contributed by atoms with Gasteiger partial charge in [-0.05, 0) is 13.3 Å². The SMILES string of the molecule is CCCNc1nc2c(s1)c(C)c(O)c1ccccc12. The fourth-order valence-corrected chi connectivity index (χ4v) is 3.28. The second-order valence-electron chi connectivity index (χ2n) is 4.64. The summed E-state index contributed by atoms with van der Waals surface area (Å²) in [5.41, 5.74) is 1.89. The molecule has 1 aromatic heterocycles. The second-order valence-corrected chi connectivity index (χ2v) is 5.64. The van der Waals surface area contributed by atoms with Crippen molar-refractivity contribution in [3.8, 4) is 5.75 Å². The van der Waals surface area contributed by atoms with Crippen molar-refractivity contribution in [3.05, 3.63) is 29.8 Å². The van der Waals surface area contributed by atoms with Crippen molar-refractivity contribution in [1.82, 2.24) is 4.98 Å². The number of phenols is 1. The molecule has 3 nitrogen and oxygen atoms in total. The highest BCUT2D eigenvalue weighted by molar-refractivity contribution is 7.22. The van der Waals surface area contributed by atoms with Crippen LogP contribution in [-0.4, -0.2) is 16.6 Å². The molecule has 0 atom stereocenters. The summed E-state index contributed by atoms with van der Waals surface area (Å²) in [5.74, 6) is 0.369. The van der Waals surface area contributed by atoms with Crippen LogP contribution in [0.1, 0.15) is 18.9 Å². The molecule has 0 saturated heterocycles. The van der Waals surface area contributed by atoms with E-state index in [0.29, 0.717) is 5.75 Å². The van der Waals surface area contributed by atoms with E-state index in [-0.39, 0.29) is 0 Å². The summed E-state index contributed by atoms with van der Waals surface area (Å²) >= 11 is 1.61. The fourth-order valence-electron chi connectivity index (χ4n) is 2.27. The first-order chi connectivity index (χ1) is 9.22. The number of thiazole rings is 1. The first-order valence-corrected chi connectivity index (χ1v) is 7.28. The van der Waals surface area contributed by atoms with Gasteiger partial charge in [0.25, 0.3) is 0 Å². The number of aryl methyl sites for hydroxylation is 1. The molecular formula is C15H16N2OS. The van der Waals surface area contributed by atoms with Gasteiger partial charge in [0.05, 0.1) is 10.2 Å². The van der Waals surface area contributed by atoms with Gasteiger partial charge >= 0.3 is 0 Å². The predicted molar refractivity (Wildman–Crippen MR) is 82.3 cm³/mol. The minimum absolute atomic E-state index is 0.369. The molecule has 0 unspecified atom stereocenters. The number of nitrogens with zero attached hydrogens (tertiary/aromatic N) is 1. The van der Waals surface area contributed by atoms with Crippen LogP contribution >= 0.6 is 11.3 Å². The van der Waals surface area contributed by atoms with Gasteiger partial charge in [0.15, 0.2) is 5.13 Å². The highest BCUT2D eigenvalue weighted by Crippen LogP contribution is 2.40. The summed E-state index contributed by atoms with van der Waals surface area (Å²) in [7, 11) is 0. The average molecular weight is 272 g/mol. The largest absolute Gasteiger partial charge is 0.507 e. The molecule has 4 heteroatoms. The lowest BCUT2D eigenvalue weighted by atomic mass is 10.0. The Morgan fingerprint density at radius 2 is 2.00 bits per heavy atom. The molecule has 3 rings (SSSR count). The van der Waals surface area contributed by atoms with Crippen LogP contribution in [0, 0.1) is 6.92 Å². The number of hydrogen-bond donors (Lipinski definition) is 2. The molecule has 0 aliphatic rings. The molecule has 0 aliphatic carbocycles. The first-order valence-electron chi connectivity index (χ1n) is 6.47. The normalized spacial score (nSPS) is 11.3. The molecule has 0 fully saturated rings. The summed E-state index contributed by atoms with van der Waals surface area (Å²) in [5, 5.41) is 16.4. The van der Waals surface area contributed by atoms with Crippen LogP contribution in [0.2, 0.25) is 0 Å². The Balaban J connectivity index is 2.31. The third kappa shape index (κ3) is 1.92. The first kappa shape index (κ1) is 12.2. The molecule has 0 saturated carbocycles. The number of aromatic hydroxyl groups is 1. The van der Waals surface area contributed by atoms with Crippen molar-refractivity contribution in [1.29, 1.82) is 0 Å². The van der Waals surface area contributed by atoms with E-state index in [1.807, 2.05) is 31.2 Å². The molecule has 1 heterocycles. The predicted octanol–water partition coefficient (Wildman–Crippen LogP) is 4.29. The molecule has 3 aromatic rings. The van der Waals surface area contributed by atoms with Gasteiger partial charge in [-0.2, -0.15) is 0 Å². The molecule has 2 N–H and O–H groups in total. The van der Waals surface area contributed by atoms with Gasteiger partial charge in [0.2, 0.25) is 0 Å². The minimum atomic E-state index is 0.369. The van der Waals surface area contributed by atoms with E-state index in [4.69, 9.17) is 0 Å². The van der Waals surface area contributed by atoms with Gasteiger partial charge in [-0.3, -0.25) is 0 Å². The highest BCUT2D eigenvalue weighted by Gasteiger charge is 2.14. The second kappa shape index (κ2) is 4.70. The number of benzene rings is 2. The Labute approximate surface area is 115 Å².